The van der Waals surface area contributed by atoms with Gasteiger partial charge in [-0.1, -0.05) is 57.5 Å². The van der Waals surface area contributed by atoms with E-state index in [0.29, 0.717) is 13.2 Å². The van der Waals surface area contributed by atoms with Crippen LogP contribution in [0.4, 0.5) is 0 Å². The monoisotopic (exact) mass is 417 g/mol. The summed E-state index contributed by atoms with van der Waals surface area (Å²) in [6.07, 6.45) is 0. The maximum Gasteiger partial charge on any atom is 0.209 e. The fourth-order valence-electron chi connectivity index (χ4n) is 2.51. The zero-order valence-electron chi connectivity index (χ0n) is 13.6. The highest BCUT2D eigenvalue weighted by molar-refractivity contribution is 9.10. The normalized spacial score (nSPS) is 13.0. The largest absolute Gasteiger partial charge is 0.486 e. The van der Waals surface area contributed by atoms with Gasteiger partial charge in [0.05, 0.1) is 0 Å². The molecule has 0 saturated heterocycles. The van der Waals surface area contributed by atoms with E-state index in [9.17, 15) is 0 Å². The number of halogens is 1. The van der Waals surface area contributed by atoms with Crippen molar-refractivity contribution >= 4 is 27.7 Å². The van der Waals surface area contributed by atoms with E-state index in [1.54, 1.807) is 11.8 Å². The zero-order valence-corrected chi connectivity index (χ0v) is 16.0. The van der Waals surface area contributed by atoms with Crippen molar-refractivity contribution in [3.05, 3.63) is 52.0 Å². The number of fused-ring (bicyclic) bond motifs is 1. The number of thioether (sulfide) groups is 1. The van der Waals surface area contributed by atoms with Gasteiger partial charge in [0, 0.05) is 15.8 Å². The zero-order chi connectivity index (χ0) is 17.2. The van der Waals surface area contributed by atoms with Gasteiger partial charge in [0.2, 0.25) is 5.16 Å². The molecule has 1 aromatic heterocycles. The van der Waals surface area contributed by atoms with Crippen LogP contribution in [0.2, 0.25) is 0 Å². The van der Waals surface area contributed by atoms with Crippen molar-refractivity contribution in [1.29, 1.82) is 0 Å². The SMILES string of the molecule is Cc1ccc(-c2nc(SCc3cc4c(cc3Br)OCCO4)n[nH]2)cc1. The van der Waals surface area contributed by atoms with Crippen LogP contribution < -0.4 is 9.47 Å². The van der Waals surface area contributed by atoms with Gasteiger partial charge in [-0.15, -0.1) is 5.10 Å². The summed E-state index contributed by atoms with van der Waals surface area (Å²) in [5.74, 6) is 3.10. The number of benzene rings is 2. The third-order valence-corrected chi connectivity index (χ3v) is 5.49. The summed E-state index contributed by atoms with van der Waals surface area (Å²) < 4.78 is 12.2. The summed E-state index contributed by atoms with van der Waals surface area (Å²) in [4.78, 5) is 4.57. The number of hydrogen-bond acceptors (Lipinski definition) is 5. The number of nitrogens with one attached hydrogen (secondary N) is 1. The second-order valence-electron chi connectivity index (χ2n) is 5.71. The minimum absolute atomic E-state index is 0.585. The predicted octanol–water partition coefficient (Wildman–Crippen LogP) is 4.61. The van der Waals surface area contributed by atoms with Crippen LogP contribution in [0.3, 0.4) is 0 Å². The number of aromatic amines is 1. The standard InChI is InChI=1S/C18H16BrN3O2S/c1-11-2-4-12(5-3-11)17-20-18(22-21-17)25-10-13-8-15-16(9-14(13)19)24-7-6-23-15/h2-5,8-9H,6-7,10H2,1H3,(H,20,21,22). The van der Waals surface area contributed by atoms with Crippen molar-refractivity contribution in [2.45, 2.75) is 17.8 Å². The Morgan fingerprint density at radius 3 is 2.60 bits per heavy atom. The molecule has 2 aromatic carbocycles. The second-order valence-corrected chi connectivity index (χ2v) is 7.51. The molecule has 128 valence electrons. The molecular weight excluding hydrogens is 402 g/mol. The van der Waals surface area contributed by atoms with E-state index in [-0.39, 0.29) is 0 Å². The fraction of sp³-hybridized carbons (Fsp3) is 0.222. The predicted molar refractivity (Wildman–Crippen MR) is 101 cm³/mol. The molecule has 0 fully saturated rings. The average Bonchev–Trinajstić information content (AvgIpc) is 3.09. The number of ether oxygens (including phenoxy) is 2. The molecule has 0 radical (unpaired) electrons. The highest BCUT2D eigenvalue weighted by Gasteiger charge is 2.15. The molecule has 2 heterocycles. The van der Waals surface area contributed by atoms with Crippen molar-refractivity contribution in [2.24, 2.45) is 0 Å². The first-order valence-electron chi connectivity index (χ1n) is 7.89. The molecule has 3 aromatic rings. The molecule has 0 atom stereocenters. The first-order valence-corrected chi connectivity index (χ1v) is 9.67. The number of aryl methyl sites for hydroxylation is 1. The molecule has 5 nitrogen and oxygen atoms in total. The van der Waals surface area contributed by atoms with E-state index in [1.165, 1.54) is 5.56 Å². The van der Waals surface area contributed by atoms with Crippen molar-refractivity contribution in [3.8, 4) is 22.9 Å². The lowest BCUT2D eigenvalue weighted by atomic mass is 10.1. The molecular formula is C18H16BrN3O2S. The fourth-order valence-corrected chi connectivity index (χ4v) is 3.95. The van der Waals surface area contributed by atoms with E-state index in [0.717, 1.165) is 43.8 Å². The summed E-state index contributed by atoms with van der Waals surface area (Å²) >= 11 is 5.18. The summed E-state index contributed by atoms with van der Waals surface area (Å²) in [7, 11) is 0. The molecule has 4 rings (SSSR count). The van der Waals surface area contributed by atoms with Crippen molar-refractivity contribution < 1.29 is 9.47 Å². The van der Waals surface area contributed by atoms with Gasteiger partial charge < -0.3 is 9.47 Å². The number of H-pyrrole nitrogens is 1. The summed E-state index contributed by atoms with van der Waals surface area (Å²) in [6.45, 7) is 3.24. The van der Waals surface area contributed by atoms with E-state index in [2.05, 4.69) is 50.2 Å². The van der Waals surface area contributed by atoms with E-state index < -0.39 is 0 Å². The molecule has 0 amide bonds. The lowest BCUT2D eigenvalue weighted by Crippen LogP contribution is -2.15. The van der Waals surface area contributed by atoms with E-state index in [4.69, 9.17) is 9.47 Å². The second kappa shape index (κ2) is 7.09. The van der Waals surface area contributed by atoms with Crippen molar-refractivity contribution in [2.75, 3.05) is 13.2 Å². The van der Waals surface area contributed by atoms with Crippen LogP contribution in [-0.2, 0) is 5.75 Å². The van der Waals surface area contributed by atoms with Crippen LogP contribution in [0.5, 0.6) is 11.5 Å². The third kappa shape index (κ3) is 3.67. The molecule has 1 aliphatic rings. The van der Waals surface area contributed by atoms with Crippen LogP contribution in [0.15, 0.2) is 46.0 Å². The Morgan fingerprint density at radius 1 is 1.12 bits per heavy atom. The number of nitrogens with zero attached hydrogens (tertiary/aromatic N) is 2. The van der Waals surface area contributed by atoms with Crippen LogP contribution >= 0.6 is 27.7 Å². The van der Waals surface area contributed by atoms with Crippen LogP contribution in [0.1, 0.15) is 11.1 Å². The van der Waals surface area contributed by atoms with Gasteiger partial charge in [-0.05, 0) is 24.6 Å². The quantitative estimate of drug-likeness (QED) is 0.628. The molecule has 7 heteroatoms. The highest BCUT2D eigenvalue weighted by Crippen LogP contribution is 2.37. The Bertz CT molecular complexity index is 896. The smallest absolute Gasteiger partial charge is 0.209 e. The first kappa shape index (κ1) is 16.5. The number of rotatable bonds is 4. The van der Waals surface area contributed by atoms with Crippen LogP contribution in [0, 0.1) is 6.92 Å². The van der Waals surface area contributed by atoms with Gasteiger partial charge in [0.25, 0.3) is 0 Å². The topological polar surface area (TPSA) is 60.0 Å². The molecule has 0 unspecified atom stereocenters. The van der Waals surface area contributed by atoms with Gasteiger partial charge in [-0.2, -0.15) is 0 Å². The maximum absolute atomic E-state index is 5.65. The van der Waals surface area contributed by atoms with Gasteiger partial charge in [-0.3, -0.25) is 5.10 Å². The molecule has 25 heavy (non-hydrogen) atoms. The van der Waals surface area contributed by atoms with Crippen LogP contribution in [-0.4, -0.2) is 28.4 Å². The van der Waals surface area contributed by atoms with Gasteiger partial charge >= 0.3 is 0 Å². The highest BCUT2D eigenvalue weighted by atomic mass is 79.9. The first-order chi connectivity index (χ1) is 12.2. The summed E-state index contributed by atoms with van der Waals surface area (Å²) in [5.41, 5.74) is 3.38. The maximum atomic E-state index is 5.65. The molecule has 1 aliphatic heterocycles. The average molecular weight is 418 g/mol. The molecule has 0 bridgehead atoms. The summed E-state index contributed by atoms with van der Waals surface area (Å²) in [5, 5.41) is 8.03. The Kier molecular flexibility index (Phi) is 4.67. The molecule has 0 aliphatic carbocycles. The van der Waals surface area contributed by atoms with Crippen LogP contribution in [0.25, 0.3) is 11.4 Å². The van der Waals surface area contributed by atoms with E-state index in [1.807, 2.05) is 24.3 Å². The summed E-state index contributed by atoms with van der Waals surface area (Å²) in [6, 6.07) is 12.2. The number of aromatic nitrogens is 3. The number of hydrogen-bond donors (Lipinski definition) is 1. The Morgan fingerprint density at radius 2 is 1.84 bits per heavy atom. The lowest BCUT2D eigenvalue weighted by molar-refractivity contribution is 0.171. The minimum atomic E-state index is 0.585. The van der Waals surface area contributed by atoms with E-state index >= 15 is 0 Å². The third-order valence-electron chi connectivity index (χ3n) is 3.86. The van der Waals surface area contributed by atoms with Gasteiger partial charge in [0.15, 0.2) is 17.3 Å². The van der Waals surface area contributed by atoms with Crippen molar-refractivity contribution in [3.63, 3.8) is 0 Å². The van der Waals surface area contributed by atoms with Gasteiger partial charge in [0.1, 0.15) is 13.2 Å². The molecule has 1 N–H and O–H groups in total. The van der Waals surface area contributed by atoms with Crippen molar-refractivity contribution in [1.82, 2.24) is 15.2 Å². The lowest BCUT2D eigenvalue weighted by Gasteiger charge is -2.19. The Labute approximate surface area is 158 Å². The minimum Gasteiger partial charge on any atom is -0.486 e. The molecule has 0 saturated carbocycles. The molecule has 0 spiro atoms. The van der Waals surface area contributed by atoms with Gasteiger partial charge in [-0.25, -0.2) is 4.98 Å². The Hall–Kier alpha value is -1.99. The Balaban J connectivity index is 1.48.